The minimum absolute atomic E-state index is 0.146. The number of rotatable bonds is 5. The third kappa shape index (κ3) is 4.53. The SMILES string of the molecule is CC(C)C[C@H](NC(=O)N(C)c1ccc(F)cc1)C(=O)O. The summed E-state index contributed by atoms with van der Waals surface area (Å²) >= 11 is 0. The number of anilines is 1. The Labute approximate surface area is 117 Å². The van der Waals surface area contributed by atoms with Crippen LogP contribution >= 0.6 is 0 Å². The molecule has 0 aromatic heterocycles. The van der Waals surface area contributed by atoms with Crippen LogP contribution in [0.5, 0.6) is 0 Å². The number of nitrogens with one attached hydrogen (secondary N) is 1. The van der Waals surface area contributed by atoms with Crippen molar-refractivity contribution < 1.29 is 19.1 Å². The quantitative estimate of drug-likeness (QED) is 0.871. The van der Waals surface area contributed by atoms with Gasteiger partial charge in [-0.05, 0) is 36.6 Å². The van der Waals surface area contributed by atoms with Crippen LogP contribution in [-0.2, 0) is 4.79 Å². The van der Waals surface area contributed by atoms with Gasteiger partial charge >= 0.3 is 12.0 Å². The average Bonchev–Trinajstić information content (AvgIpc) is 2.37. The molecule has 0 unspecified atom stereocenters. The summed E-state index contributed by atoms with van der Waals surface area (Å²) in [6.07, 6.45) is 0.346. The van der Waals surface area contributed by atoms with Crippen LogP contribution in [0.25, 0.3) is 0 Å². The third-order valence-corrected chi connectivity index (χ3v) is 2.82. The van der Waals surface area contributed by atoms with Crippen molar-refractivity contribution in [2.45, 2.75) is 26.3 Å². The monoisotopic (exact) mass is 282 g/mol. The van der Waals surface area contributed by atoms with Crippen LogP contribution in [0.15, 0.2) is 24.3 Å². The van der Waals surface area contributed by atoms with Crippen molar-refractivity contribution in [2.24, 2.45) is 5.92 Å². The van der Waals surface area contributed by atoms with Gasteiger partial charge in [0.05, 0.1) is 0 Å². The predicted octanol–water partition coefficient (Wildman–Crippen LogP) is 2.47. The van der Waals surface area contributed by atoms with E-state index >= 15 is 0 Å². The van der Waals surface area contributed by atoms with Gasteiger partial charge in [-0.3, -0.25) is 4.90 Å². The first-order valence-corrected chi connectivity index (χ1v) is 6.34. The molecule has 0 aliphatic rings. The first kappa shape index (κ1) is 15.9. The number of carbonyl (C=O) groups is 2. The molecule has 0 heterocycles. The van der Waals surface area contributed by atoms with Crippen molar-refractivity contribution in [3.8, 4) is 0 Å². The number of amides is 2. The topological polar surface area (TPSA) is 69.6 Å². The van der Waals surface area contributed by atoms with E-state index < -0.39 is 23.9 Å². The first-order chi connectivity index (χ1) is 9.31. The molecule has 0 radical (unpaired) electrons. The van der Waals surface area contributed by atoms with Crippen molar-refractivity contribution in [3.05, 3.63) is 30.1 Å². The van der Waals surface area contributed by atoms with Crippen LogP contribution in [-0.4, -0.2) is 30.2 Å². The van der Waals surface area contributed by atoms with Gasteiger partial charge in [0.15, 0.2) is 0 Å². The molecule has 5 nitrogen and oxygen atoms in total. The molecule has 6 heteroatoms. The highest BCUT2D eigenvalue weighted by atomic mass is 19.1. The zero-order valence-electron chi connectivity index (χ0n) is 11.8. The fourth-order valence-electron chi connectivity index (χ4n) is 1.72. The van der Waals surface area contributed by atoms with Gasteiger partial charge in [-0.25, -0.2) is 14.0 Å². The summed E-state index contributed by atoms with van der Waals surface area (Å²) in [6.45, 7) is 3.76. The summed E-state index contributed by atoms with van der Waals surface area (Å²) in [7, 11) is 1.50. The van der Waals surface area contributed by atoms with E-state index in [0.29, 0.717) is 12.1 Å². The van der Waals surface area contributed by atoms with Crippen LogP contribution in [0.4, 0.5) is 14.9 Å². The number of benzene rings is 1. The van der Waals surface area contributed by atoms with Crippen LogP contribution in [0.2, 0.25) is 0 Å². The normalized spacial score (nSPS) is 12.1. The fraction of sp³-hybridized carbons (Fsp3) is 0.429. The van der Waals surface area contributed by atoms with Crippen LogP contribution in [0, 0.1) is 11.7 Å². The van der Waals surface area contributed by atoms with Gasteiger partial charge in [-0.1, -0.05) is 13.8 Å². The lowest BCUT2D eigenvalue weighted by Gasteiger charge is -2.22. The molecule has 0 spiro atoms. The van der Waals surface area contributed by atoms with E-state index in [4.69, 9.17) is 5.11 Å². The third-order valence-electron chi connectivity index (χ3n) is 2.82. The maximum absolute atomic E-state index is 12.8. The largest absolute Gasteiger partial charge is 0.480 e. The summed E-state index contributed by atoms with van der Waals surface area (Å²) in [4.78, 5) is 24.3. The van der Waals surface area contributed by atoms with E-state index in [9.17, 15) is 14.0 Å². The zero-order chi connectivity index (χ0) is 15.3. The van der Waals surface area contributed by atoms with Crippen molar-refractivity contribution in [2.75, 3.05) is 11.9 Å². The number of aliphatic carboxylic acids is 1. The summed E-state index contributed by atoms with van der Waals surface area (Å²) in [6, 6.07) is 3.90. The number of halogens is 1. The van der Waals surface area contributed by atoms with E-state index in [2.05, 4.69) is 5.32 Å². The lowest BCUT2D eigenvalue weighted by atomic mass is 10.0. The van der Waals surface area contributed by atoms with E-state index in [1.807, 2.05) is 13.8 Å². The molecule has 110 valence electrons. The fourth-order valence-corrected chi connectivity index (χ4v) is 1.72. The predicted molar refractivity (Wildman–Crippen MR) is 74.2 cm³/mol. The molecule has 0 saturated heterocycles. The average molecular weight is 282 g/mol. The zero-order valence-corrected chi connectivity index (χ0v) is 11.8. The Morgan fingerprint density at radius 2 is 1.85 bits per heavy atom. The Kier molecular flexibility index (Phi) is 5.49. The number of urea groups is 1. The van der Waals surface area contributed by atoms with Gasteiger partial charge in [-0.15, -0.1) is 0 Å². The summed E-state index contributed by atoms with van der Waals surface area (Å²) in [5.74, 6) is -1.32. The maximum Gasteiger partial charge on any atom is 0.326 e. The molecule has 1 aromatic rings. The Bertz CT molecular complexity index is 474. The van der Waals surface area contributed by atoms with Gasteiger partial charge in [0.2, 0.25) is 0 Å². The Morgan fingerprint density at radius 1 is 1.30 bits per heavy atom. The Hall–Kier alpha value is -2.11. The van der Waals surface area contributed by atoms with Crippen molar-refractivity contribution in [1.29, 1.82) is 0 Å². The number of carboxylic acids is 1. The van der Waals surface area contributed by atoms with Crippen LogP contribution in [0.3, 0.4) is 0 Å². The maximum atomic E-state index is 12.8. The van der Waals surface area contributed by atoms with Gasteiger partial charge < -0.3 is 10.4 Å². The Balaban J connectivity index is 2.73. The minimum Gasteiger partial charge on any atom is -0.480 e. The molecular formula is C14H19FN2O3. The second-order valence-corrected chi connectivity index (χ2v) is 5.01. The number of carboxylic acid groups (broad SMARTS) is 1. The van der Waals surface area contributed by atoms with Crippen molar-refractivity contribution in [3.63, 3.8) is 0 Å². The molecule has 0 aliphatic heterocycles. The molecule has 20 heavy (non-hydrogen) atoms. The van der Waals surface area contributed by atoms with Crippen LogP contribution < -0.4 is 10.2 Å². The minimum atomic E-state index is -1.07. The molecular weight excluding hydrogens is 263 g/mol. The second kappa shape index (κ2) is 6.88. The first-order valence-electron chi connectivity index (χ1n) is 6.34. The van der Waals surface area contributed by atoms with Gasteiger partial charge in [0.1, 0.15) is 11.9 Å². The standard InChI is InChI=1S/C14H19FN2O3/c1-9(2)8-12(13(18)19)16-14(20)17(3)11-6-4-10(15)5-7-11/h4-7,9,12H,8H2,1-3H3,(H,16,20)(H,18,19)/t12-/m0/s1. The molecule has 1 aromatic carbocycles. The highest BCUT2D eigenvalue weighted by Gasteiger charge is 2.23. The highest BCUT2D eigenvalue weighted by Crippen LogP contribution is 2.14. The molecule has 0 saturated carbocycles. The Morgan fingerprint density at radius 3 is 2.30 bits per heavy atom. The number of carbonyl (C=O) groups excluding carboxylic acids is 1. The molecule has 0 aliphatic carbocycles. The van der Waals surface area contributed by atoms with E-state index in [1.165, 1.54) is 36.2 Å². The van der Waals surface area contributed by atoms with Gasteiger partial charge in [0.25, 0.3) is 0 Å². The highest BCUT2D eigenvalue weighted by molar-refractivity contribution is 5.93. The van der Waals surface area contributed by atoms with E-state index in [1.54, 1.807) is 0 Å². The van der Waals surface area contributed by atoms with Gasteiger partial charge in [0, 0.05) is 12.7 Å². The van der Waals surface area contributed by atoms with Crippen molar-refractivity contribution >= 4 is 17.7 Å². The summed E-state index contributed by atoms with van der Waals surface area (Å²) in [5, 5.41) is 11.5. The lowest BCUT2D eigenvalue weighted by Crippen LogP contribution is -2.47. The molecule has 0 bridgehead atoms. The summed E-state index contributed by atoms with van der Waals surface area (Å²) < 4.78 is 12.8. The number of hydrogen-bond acceptors (Lipinski definition) is 2. The van der Waals surface area contributed by atoms with Crippen molar-refractivity contribution in [1.82, 2.24) is 5.32 Å². The molecule has 1 atom stereocenters. The van der Waals surface area contributed by atoms with E-state index in [-0.39, 0.29) is 5.92 Å². The summed E-state index contributed by atoms with van der Waals surface area (Å²) in [5.41, 5.74) is 0.484. The van der Waals surface area contributed by atoms with E-state index in [0.717, 1.165) is 0 Å². The van der Waals surface area contributed by atoms with Crippen LogP contribution in [0.1, 0.15) is 20.3 Å². The lowest BCUT2D eigenvalue weighted by molar-refractivity contribution is -0.139. The number of nitrogens with zero attached hydrogens (tertiary/aromatic N) is 1. The second-order valence-electron chi connectivity index (χ2n) is 5.01. The van der Waals surface area contributed by atoms with Gasteiger partial charge in [-0.2, -0.15) is 0 Å². The molecule has 0 fully saturated rings. The molecule has 2 N–H and O–H groups in total. The smallest absolute Gasteiger partial charge is 0.326 e. The molecule has 1 rings (SSSR count). The molecule has 2 amide bonds. The number of hydrogen-bond donors (Lipinski definition) is 2.